The number of carbonyl (C=O) groups excluding carboxylic acids is 2. The molecular weight excluding hydrogens is 284 g/mol. The lowest BCUT2D eigenvalue weighted by atomic mass is 9.75. The molecule has 3 atom stereocenters. The number of methoxy groups -OCH3 is 2. The van der Waals surface area contributed by atoms with Gasteiger partial charge in [-0.25, -0.2) is 0 Å². The van der Waals surface area contributed by atoms with E-state index in [1.165, 1.54) is 33.5 Å². The maximum absolute atomic E-state index is 12.4. The van der Waals surface area contributed by atoms with E-state index in [-0.39, 0.29) is 11.5 Å². The van der Waals surface area contributed by atoms with E-state index in [9.17, 15) is 9.59 Å². The normalized spacial score (nSPS) is 39.9. The Morgan fingerprint density at radius 1 is 1.09 bits per heavy atom. The van der Waals surface area contributed by atoms with Crippen LogP contribution in [0.15, 0.2) is 0 Å². The third kappa shape index (κ3) is 1.48. The molecule has 0 aromatic heterocycles. The fourth-order valence-electron chi connectivity index (χ4n) is 5.93. The van der Waals surface area contributed by atoms with Gasteiger partial charge in [0.25, 0.3) is 0 Å². The van der Waals surface area contributed by atoms with Crippen LogP contribution in [0, 0.1) is 22.2 Å². The Balaban J connectivity index is 1.67. The minimum atomic E-state index is -1.11. The van der Waals surface area contributed by atoms with Gasteiger partial charge in [0.2, 0.25) is 0 Å². The molecule has 1 saturated heterocycles. The second-order valence-electron chi connectivity index (χ2n) is 7.55. The SMILES string of the molecule is COC(=O)C1(C(=O)OC)CC2C3(CC3)C2(C2CCCCO2)C1. The largest absolute Gasteiger partial charge is 0.468 e. The summed E-state index contributed by atoms with van der Waals surface area (Å²) in [6.45, 7) is 0.804. The lowest BCUT2D eigenvalue weighted by molar-refractivity contribution is -0.171. The standard InChI is InChI=1S/C17H24O5/c1-20-13(18)15(14(19)21-2)9-11-16(6-7-16)17(11,10-15)12-5-3-4-8-22-12/h11-12H,3-10H2,1-2H3. The summed E-state index contributed by atoms with van der Waals surface area (Å²) in [5, 5.41) is 0. The van der Waals surface area contributed by atoms with Crippen molar-refractivity contribution in [2.45, 2.75) is 51.0 Å². The Bertz CT molecular complexity index is 501. The van der Waals surface area contributed by atoms with Crippen LogP contribution in [0.5, 0.6) is 0 Å². The van der Waals surface area contributed by atoms with Gasteiger partial charge in [-0.3, -0.25) is 9.59 Å². The number of ether oxygens (including phenoxy) is 3. The van der Waals surface area contributed by atoms with Crippen molar-refractivity contribution in [3.05, 3.63) is 0 Å². The topological polar surface area (TPSA) is 61.8 Å². The first kappa shape index (κ1) is 14.5. The number of rotatable bonds is 3. The summed E-state index contributed by atoms with van der Waals surface area (Å²) in [4.78, 5) is 24.8. The molecule has 3 aliphatic carbocycles. The van der Waals surface area contributed by atoms with Crippen LogP contribution in [-0.2, 0) is 23.8 Å². The smallest absolute Gasteiger partial charge is 0.323 e. The number of hydrogen-bond acceptors (Lipinski definition) is 5. The Kier molecular flexibility index (Phi) is 2.94. The first-order valence-corrected chi connectivity index (χ1v) is 8.36. The summed E-state index contributed by atoms with van der Waals surface area (Å²) in [6, 6.07) is 0. The van der Waals surface area contributed by atoms with Gasteiger partial charge in [-0.1, -0.05) is 0 Å². The highest BCUT2D eigenvalue weighted by Gasteiger charge is 2.90. The summed E-state index contributed by atoms with van der Waals surface area (Å²) in [5.41, 5.74) is -0.751. The molecule has 1 spiro atoms. The van der Waals surface area contributed by atoms with Crippen LogP contribution in [0.3, 0.4) is 0 Å². The van der Waals surface area contributed by atoms with Gasteiger partial charge < -0.3 is 14.2 Å². The van der Waals surface area contributed by atoms with Crippen molar-refractivity contribution >= 4 is 11.9 Å². The van der Waals surface area contributed by atoms with Crippen molar-refractivity contribution < 1.29 is 23.8 Å². The molecule has 0 bridgehead atoms. The lowest BCUT2D eigenvalue weighted by Gasteiger charge is -2.34. The zero-order valence-electron chi connectivity index (χ0n) is 13.4. The molecule has 0 aromatic carbocycles. The van der Waals surface area contributed by atoms with Crippen LogP contribution < -0.4 is 0 Å². The minimum absolute atomic E-state index is 0.00972. The van der Waals surface area contributed by atoms with E-state index in [4.69, 9.17) is 14.2 Å². The van der Waals surface area contributed by atoms with Crippen molar-refractivity contribution in [2.75, 3.05) is 20.8 Å². The fraction of sp³-hybridized carbons (Fsp3) is 0.882. The van der Waals surface area contributed by atoms with Crippen LogP contribution >= 0.6 is 0 Å². The highest BCUT2D eigenvalue weighted by atomic mass is 16.5. The zero-order valence-corrected chi connectivity index (χ0v) is 13.4. The molecule has 1 aliphatic heterocycles. The average molecular weight is 308 g/mol. The van der Waals surface area contributed by atoms with E-state index >= 15 is 0 Å². The van der Waals surface area contributed by atoms with Crippen LogP contribution in [-0.4, -0.2) is 38.9 Å². The molecule has 3 unspecified atom stereocenters. The summed E-state index contributed by atoms with van der Waals surface area (Å²) in [6.07, 6.45) is 7.11. The van der Waals surface area contributed by atoms with E-state index in [2.05, 4.69) is 0 Å². The molecule has 5 nitrogen and oxygen atoms in total. The molecule has 5 heteroatoms. The third-order valence-corrected chi connectivity index (χ3v) is 6.97. The van der Waals surface area contributed by atoms with Gasteiger partial charge in [0, 0.05) is 12.0 Å². The first-order valence-electron chi connectivity index (χ1n) is 8.36. The minimum Gasteiger partial charge on any atom is -0.468 e. The van der Waals surface area contributed by atoms with Gasteiger partial charge in [-0.15, -0.1) is 0 Å². The second-order valence-corrected chi connectivity index (χ2v) is 7.55. The van der Waals surface area contributed by atoms with Gasteiger partial charge >= 0.3 is 11.9 Å². The molecule has 0 radical (unpaired) electrons. The molecule has 122 valence electrons. The van der Waals surface area contributed by atoms with Crippen LogP contribution in [0.25, 0.3) is 0 Å². The Morgan fingerprint density at radius 2 is 1.77 bits per heavy atom. The molecular formula is C17H24O5. The Hall–Kier alpha value is -1.10. The average Bonchev–Trinajstić information content (AvgIpc) is 3.42. The van der Waals surface area contributed by atoms with Crippen LogP contribution in [0.1, 0.15) is 44.9 Å². The lowest BCUT2D eigenvalue weighted by Crippen LogP contribution is -2.43. The molecule has 22 heavy (non-hydrogen) atoms. The zero-order chi connectivity index (χ0) is 15.6. The van der Waals surface area contributed by atoms with Gasteiger partial charge in [0.05, 0.1) is 20.3 Å². The second kappa shape index (κ2) is 4.47. The molecule has 0 aromatic rings. The summed E-state index contributed by atoms with van der Waals surface area (Å²) >= 11 is 0. The highest BCUT2D eigenvalue weighted by molar-refractivity contribution is 6.01. The van der Waals surface area contributed by atoms with Gasteiger partial charge in [-0.2, -0.15) is 0 Å². The highest BCUT2D eigenvalue weighted by Crippen LogP contribution is 2.91. The van der Waals surface area contributed by atoms with E-state index in [1.54, 1.807) is 0 Å². The molecule has 4 aliphatic rings. The van der Waals surface area contributed by atoms with E-state index in [0.717, 1.165) is 19.4 Å². The van der Waals surface area contributed by atoms with Gasteiger partial charge in [0.1, 0.15) is 0 Å². The molecule has 1 heterocycles. The van der Waals surface area contributed by atoms with Crippen molar-refractivity contribution in [1.82, 2.24) is 0 Å². The van der Waals surface area contributed by atoms with E-state index in [0.29, 0.717) is 24.2 Å². The number of fused-ring (bicyclic) bond motifs is 3. The predicted octanol–water partition coefficient (Wildman–Crippen LogP) is 2.08. The maximum atomic E-state index is 12.4. The number of carbonyl (C=O) groups is 2. The van der Waals surface area contributed by atoms with Crippen molar-refractivity contribution in [3.8, 4) is 0 Å². The number of esters is 2. The maximum Gasteiger partial charge on any atom is 0.323 e. The van der Waals surface area contributed by atoms with E-state index < -0.39 is 17.4 Å². The molecule has 4 fully saturated rings. The monoisotopic (exact) mass is 308 g/mol. The first-order chi connectivity index (χ1) is 10.6. The van der Waals surface area contributed by atoms with Crippen molar-refractivity contribution in [2.24, 2.45) is 22.2 Å². The summed E-state index contributed by atoms with van der Waals surface area (Å²) < 4.78 is 16.0. The van der Waals surface area contributed by atoms with E-state index in [1.807, 2.05) is 0 Å². The van der Waals surface area contributed by atoms with Crippen molar-refractivity contribution in [1.29, 1.82) is 0 Å². The predicted molar refractivity (Wildman–Crippen MR) is 76.9 cm³/mol. The van der Waals surface area contributed by atoms with Gasteiger partial charge in [-0.05, 0) is 56.3 Å². The number of hydrogen-bond donors (Lipinski definition) is 0. The van der Waals surface area contributed by atoms with Gasteiger partial charge in [0.15, 0.2) is 5.41 Å². The summed E-state index contributed by atoms with van der Waals surface area (Å²) in [7, 11) is 2.71. The molecule has 4 rings (SSSR count). The molecule has 3 saturated carbocycles. The van der Waals surface area contributed by atoms with Crippen LogP contribution in [0.2, 0.25) is 0 Å². The van der Waals surface area contributed by atoms with Crippen LogP contribution in [0.4, 0.5) is 0 Å². The summed E-state index contributed by atoms with van der Waals surface area (Å²) in [5.74, 6) is -0.448. The molecule has 0 N–H and O–H groups in total. The quantitative estimate of drug-likeness (QED) is 0.590. The molecule has 0 amide bonds. The Morgan fingerprint density at radius 3 is 2.27 bits per heavy atom. The Labute approximate surface area is 130 Å². The van der Waals surface area contributed by atoms with Crippen molar-refractivity contribution in [3.63, 3.8) is 0 Å². The fourth-order valence-corrected chi connectivity index (χ4v) is 5.93. The third-order valence-electron chi connectivity index (χ3n) is 6.97.